The van der Waals surface area contributed by atoms with Crippen molar-refractivity contribution in [3.63, 3.8) is 0 Å². The fourth-order valence-electron chi connectivity index (χ4n) is 3.44. The monoisotopic (exact) mass is 391 g/mol. The van der Waals surface area contributed by atoms with E-state index < -0.39 is 0 Å². The molecule has 29 heavy (non-hydrogen) atoms. The van der Waals surface area contributed by atoms with Gasteiger partial charge < -0.3 is 10.1 Å². The van der Waals surface area contributed by atoms with Crippen LogP contribution in [-0.2, 0) is 13.6 Å². The SMILES string of the molecule is COc1ncccc1-c1cc(NCc2cnn(C)c2)c2c(n1)c(C)nn2C(C)C. The Morgan fingerprint density at radius 2 is 2.10 bits per heavy atom. The van der Waals surface area contributed by atoms with Gasteiger partial charge in [-0.3, -0.25) is 9.36 Å². The molecule has 0 saturated carbocycles. The number of methoxy groups -OCH3 is 1. The molecule has 0 aliphatic heterocycles. The third-order valence-electron chi connectivity index (χ3n) is 4.79. The maximum Gasteiger partial charge on any atom is 0.222 e. The Bertz CT molecular complexity index is 1160. The molecule has 0 saturated heterocycles. The van der Waals surface area contributed by atoms with Gasteiger partial charge in [0.25, 0.3) is 0 Å². The molecular formula is C21H25N7O. The van der Waals surface area contributed by atoms with Gasteiger partial charge in [0.1, 0.15) is 11.0 Å². The highest BCUT2D eigenvalue weighted by molar-refractivity contribution is 5.93. The lowest BCUT2D eigenvalue weighted by Gasteiger charge is -2.14. The molecule has 0 unspecified atom stereocenters. The lowest BCUT2D eigenvalue weighted by molar-refractivity contribution is 0.399. The quantitative estimate of drug-likeness (QED) is 0.539. The largest absolute Gasteiger partial charge is 0.481 e. The highest BCUT2D eigenvalue weighted by Gasteiger charge is 2.19. The highest BCUT2D eigenvalue weighted by atomic mass is 16.5. The molecule has 0 aromatic carbocycles. The number of aryl methyl sites for hydroxylation is 2. The third-order valence-corrected chi connectivity index (χ3v) is 4.79. The zero-order valence-electron chi connectivity index (χ0n) is 17.3. The lowest BCUT2D eigenvalue weighted by Crippen LogP contribution is -2.07. The van der Waals surface area contributed by atoms with Crippen LogP contribution in [0.15, 0.2) is 36.8 Å². The van der Waals surface area contributed by atoms with Crippen LogP contribution in [0.2, 0.25) is 0 Å². The van der Waals surface area contributed by atoms with Gasteiger partial charge in [0.05, 0.1) is 35.9 Å². The first kappa shape index (κ1) is 18.9. The molecule has 4 rings (SSSR count). The molecule has 0 radical (unpaired) electrons. The standard InChI is InChI=1S/C21H25N7O/c1-13(2)28-20-18(23-10-15-11-24-27(4)12-15)9-17(25-19(20)14(3)26-28)16-7-6-8-22-21(16)29-5/h6-9,11-13H,10H2,1-5H3,(H,23,25). The Kier molecular flexibility index (Phi) is 4.92. The number of ether oxygens (including phenoxy) is 1. The Labute approximate surface area is 169 Å². The minimum atomic E-state index is 0.214. The number of nitrogens with one attached hydrogen (secondary N) is 1. The molecule has 4 aromatic rings. The van der Waals surface area contributed by atoms with E-state index in [1.807, 2.05) is 49.2 Å². The van der Waals surface area contributed by atoms with Crippen molar-refractivity contribution in [1.82, 2.24) is 29.5 Å². The fraction of sp³-hybridized carbons (Fsp3) is 0.333. The van der Waals surface area contributed by atoms with Crippen molar-refractivity contribution < 1.29 is 4.74 Å². The van der Waals surface area contributed by atoms with Gasteiger partial charge in [-0.15, -0.1) is 0 Å². The molecule has 4 heterocycles. The molecule has 4 aromatic heterocycles. The summed E-state index contributed by atoms with van der Waals surface area (Å²) < 4.78 is 9.27. The van der Waals surface area contributed by atoms with Crippen LogP contribution in [0.4, 0.5) is 5.69 Å². The van der Waals surface area contributed by atoms with Crippen molar-refractivity contribution in [2.24, 2.45) is 7.05 Å². The van der Waals surface area contributed by atoms with Crippen LogP contribution in [0.25, 0.3) is 22.3 Å². The van der Waals surface area contributed by atoms with Gasteiger partial charge in [-0.1, -0.05) is 0 Å². The van der Waals surface area contributed by atoms with Crippen molar-refractivity contribution in [2.45, 2.75) is 33.4 Å². The number of nitrogens with zero attached hydrogens (tertiary/aromatic N) is 6. The summed E-state index contributed by atoms with van der Waals surface area (Å²) in [5.41, 5.74) is 6.46. The first-order valence-corrected chi connectivity index (χ1v) is 9.58. The van der Waals surface area contributed by atoms with E-state index in [1.165, 1.54) is 0 Å². The Hall–Kier alpha value is -3.42. The number of pyridine rings is 2. The van der Waals surface area contributed by atoms with E-state index in [-0.39, 0.29) is 6.04 Å². The van der Waals surface area contributed by atoms with Crippen molar-refractivity contribution in [1.29, 1.82) is 0 Å². The summed E-state index contributed by atoms with van der Waals surface area (Å²) in [6.07, 6.45) is 5.58. The summed E-state index contributed by atoms with van der Waals surface area (Å²) in [6, 6.07) is 6.10. The lowest BCUT2D eigenvalue weighted by atomic mass is 10.1. The van der Waals surface area contributed by atoms with E-state index in [0.717, 1.165) is 39.2 Å². The molecule has 0 atom stereocenters. The maximum atomic E-state index is 5.45. The molecule has 0 aliphatic carbocycles. The van der Waals surface area contributed by atoms with Crippen LogP contribution >= 0.6 is 0 Å². The van der Waals surface area contributed by atoms with Crippen molar-refractivity contribution in [3.8, 4) is 17.1 Å². The van der Waals surface area contributed by atoms with Crippen LogP contribution in [-0.4, -0.2) is 36.6 Å². The number of anilines is 1. The summed E-state index contributed by atoms with van der Waals surface area (Å²) in [5.74, 6) is 0.548. The molecular weight excluding hydrogens is 366 g/mol. The zero-order chi connectivity index (χ0) is 20.5. The molecule has 0 aliphatic rings. The van der Waals surface area contributed by atoms with Gasteiger partial charge in [-0.25, -0.2) is 9.97 Å². The molecule has 0 spiro atoms. The molecule has 8 heteroatoms. The first-order chi connectivity index (χ1) is 14.0. The smallest absolute Gasteiger partial charge is 0.222 e. The topological polar surface area (TPSA) is 82.7 Å². The minimum absolute atomic E-state index is 0.214. The van der Waals surface area contributed by atoms with Crippen LogP contribution in [0.3, 0.4) is 0 Å². The predicted molar refractivity (Wildman–Crippen MR) is 113 cm³/mol. The normalized spacial score (nSPS) is 11.4. The van der Waals surface area contributed by atoms with Crippen molar-refractivity contribution in [3.05, 3.63) is 48.0 Å². The molecule has 150 valence electrons. The fourth-order valence-corrected chi connectivity index (χ4v) is 3.44. The number of aromatic nitrogens is 6. The number of hydrogen-bond donors (Lipinski definition) is 1. The second-order valence-corrected chi connectivity index (χ2v) is 7.31. The Balaban J connectivity index is 1.87. The van der Waals surface area contributed by atoms with Crippen LogP contribution in [0.1, 0.15) is 31.1 Å². The van der Waals surface area contributed by atoms with Crippen LogP contribution < -0.4 is 10.1 Å². The van der Waals surface area contributed by atoms with E-state index in [0.29, 0.717) is 12.4 Å². The number of hydrogen-bond acceptors (Lipinski definition) is 6. The summed E-state index contributed by atoms with van der Waals surface area (Å²) in [5, 5.41) is 12.5. The molecule has 0 amide bonds. The van der Waals surface area contributed by atoms with Gasteiger partial charge in [0.2, 0.25) is 5.88 Å². The summed E-state index contributed by atoms with van der Waals surface area (Å²) in [7, 11) is 3.53. The number of rotatable bonds is 6. The van der Waals surface area contributed by atoms with Gasteiger partial charge in [0.15, 0.2) is 0 Å². The number of fused-ring (bicyclic) bond motifs is 1. The third kappa shape index (κ3) is 3.53. The van der Waals surface area contributed by atoms with E-state index in [4.69, 9.17) is 14.8 Å². The van der Waals surface area contributed by atoms with Gasteiger partial charge in [-0.05, 0) is 39.0 Å². The van der Waals surface area contributed by atoms with E-state index in [2.05, 4.69) is 29.2 Å². The molecule has 0 fully saturated rings. The summed E-state index contributed by atoms with van der Waals surface area (Å²) >= 11 is 0. The van der Waals surface area contributed by atoms with Crippen molar-refractivity contribution >= 4 is 16.7 Å². The molecule has 0 bridgehead atoms. The second-order valence-electron chi connectivity index (χ2n) is 7.31. The van der Waals surface area contributed by atoms with Crippen molar-refractivity contribution in [2.75, 3.05) is 12.4 Å². The van der Waals surface area contributed by atoms with Gasteiger partial charge in [-0.2, -0.15) is 10.2 Å². The summed E-state index contributed by atoms with van der Waals surface area (Å²) in [6.45, 7) is 6.88. The van der Waals surface area contributed by atoms with E-state index >= 15 is 0 Å². The molecule has 8 nitrogen and oxygen atoms in total. The Morgan fingerprint density at radius 1 is 1.28 bits per heavy atom. The molecule has 1 N–H and O–H groups in total. The van der Waals surface area contributed by atoms with Crippen LogP contribution in [0, 0.1) is 6.92 Å². The zero-order valence-corrected chi connectivity index (χ0v) is 17.3. The second kappa shape index (κ2) is 7.54. The van der Waals surface area contributed by atoms with E-state index in [1.54, 1.807) is 18.0 Å². The first-order valence-electron chi connectivity index (χ1n) is 9.58. The van der Waals surface area contributed by atoms with Gasteiger partial charge in [0, 0.05) is 37.6 Å². The summed E-state index contributed by atoms with van der Waals surface area (Å²) in [4.78, 5) is 9.24. The van der Waals surface area contributed by atoms with E-state index in [9.17, 15) is 0 Å². The minimum Gasteiger partial charge on any atom is -0.481 e. The highest BCUT2D eigenvalue weighted by Crippen LogP contribution is 2.34. The van der Waals surface area contributed by atoms with Gasteiger partial charge >= 0.3 is 0 Å². The maximum absolute atomic E-state index is 5.45. The average Bonchev–Trinajstić information content (AvgIpc) is 3.29. The predicted octanol–water partition coefficient (Wildman–Crippen LogP) is 3.74. The Morgan fingerprint density at radius 3 is 2.79 bits per heavy atom. The van der Waals surface area contributed by atoms with Crippen LogP contribution in [0.5, 0.6) is 5.88 Å². The average molecular weight is 391 g/mol.